The first-order valence-electron chi connectivity index (χ1n) is 6.99. The molecule has 100 valence electrons. The van der Waals surface area contributed by atoms with E-state index in [2.05, 4.69) is 18.7 Å². The minimum atomic E-state index is 0.308. The number of hydrogen-bond acceptors (Lipinski definition) is 3. The Morgan fingerprint density at radius 2 is 2.33 bits per heavy atom. The first-order valence-corrected chi connectivity index (χ1v) is 7.87. The van der Waals surface area contributed by atoms with Crippen LogP contribution < -0.4 is 0 Å². The summed E-state index contributed by atoms with van der Waals surface area (Å²) in [6, 6.07) is 4.56. The van der Waals surface area contributed by atoms with E-state index in [4.69, 9.17) is 0 Å². The highest BCUT2D eigenvalue weighted by molar-refractivity contribution is 7.12. The molecule has 2 heterocycles. The van der Waals surface area contributed by atoms with Gasteiger partial charge in [-0.05, 0) is 56.6 Å². The molecule has 2 rings (SSSR count). The number of hydrogen-bond donors (Lipinski definition) is 0. The number of thiophene rings is 1. The molecule has 0 spiro atoms. The molecule has 1 saturated heterocycles. The van der Waals surface area contributed by atoms with Gasteiger partial charge >= 0.3 is 0 Å². The second-order valence-corrected chi connectivity index (χ2v) is 6.35. The third kappa shape index (κ3) is 3.42. The maximum absolute atomic E-state index is 11.9. The van der Waals surface area contributed by atoms with Gasteiger partial charge in [-0.25, -0.2) is 0 Å². The van der Waals surface area contributed by atoms with Gasteiger partial charge in [0.1, 0.15) is 0 Å². The fourth-order valence-electron chi connectivity index (χ4n) is 2.74. The van der Waals surface area contributed by atoms with Crippen molar-refractivity contribution in [1.82, 2.24) is 4.90 Å². The molecule has 0 saturated carbocycles. The lowest BCUT2D eigenvalue weighted by molar-refractivity contribution is 0.0938. The highest BCUT2D eigenvalue weighted by atomic mass is 32.1. The molecule has 0 aromatic carbocycles. The van der Waals surface area contributed by atoms with E-state index in [0.29, 0.717) is 18.2 Å². The summed E-state index contributed by atoms with van der Waals surface area (Å²) in [5, 5.41) is 1.97. The molecule has 1 aromatic heterocycles. The van der Waals surface area contributed by atoms with Gasteiger partial charge in [0, 0.05) is 12.5 Å². The number of ketones is 1. The van der Waals surface area contributed by atoms with Gasteiger partial charge in [0.15, 0.2) is 5.78 Å². The van der Waals surface area contributed by atoms with Crippen LogP contribution in [0.15, 0.2) is 17.5 Å². The van der Waals surface area contributed by atoms with Crippen molar-refractivity contribution in [2.45, 2.75) is 45.6 Å². The number of Topliss-reactive ketones (excluding diaryl/α,β-unsaturated/α-hetero) is 1. The smallest absolute Gasteiger partial charge is 0.172 e. The number of carbonyl (C=O) groups excluding carboxylic acids is 1. The lowest BCUT2D eigenvalue weighted by atomic mass is 9.92. The third-order valence-electron chi connectivity index (χ3n) is 4.15. The van der Waals surface area contributed by atoms with Crippen LogP contribution in [0.2, 0.25) is 0 Å². The molecule has 3 heteroatoms. The average molecular weight is 265 g/mol. The van der Waals surface area contributed by atoms with Crippen LogP contribution in [0.1, 0.15) is 49.2 Å². The monoisotopic (exact) mass is 265 g/mol. The second-order valence-electron chi connectivity index (χ2n) is 5.40. The molecule has 1 aliphatic heterocycles. The van der Waals surface area contributed by atoms with Crippen molar-refractivity contribution in [3.05, 3.63) is 22.4 Å². The maximum atomic E-state index is 11.9. The van der Waals surface area contributed by atoms with Crippen molar-refractivity contribution in [2.24, 2.45) is 5.92 Å². The highest BCUT2D eigenvalue weighted by Crippen LogP contribution is 2.23. The quantitative estimate of drug-likeness (QED) is 0.754. The van der Waals surface area contributed by atoms with Crippen molar-refractivity contribution in [3.8, 4) is 0 Å². The lowest BCUT2D eigenvalue weighted by Gasteiger charge is -2.37. The third-order valence-corrected chi connectivity index (χ3v) is 5.06. The van der Waals surface area contributed by atoms with Crippen molar-refractivity contribution >= 4 is 17.1 Å². The normalized spacial score (nSPS) is 25.2. The summed E-state index contributed by atoms with van der Waals surface area (Å²) in [7, 11) is 0. The minimum absolute atomic E-state index is 0.308. The number of likely N-dealkylation sites (tertiary alicyclic amines) is 1. The summed E-state index contributed by atoms with van der Waals surface area (Å²) in [4.78, 5) is 15.3. The Morgan fingerprint density at radius 1 is 1.50 bits per heavy atom. The molecule has 0 aliphatic carbocycles. The van der Waals surface area contributed by atoms with Gasteiger partial charge < -0.3 is 4.90 Å². The number of carbonyl (C=O) groups is 1. The summed E-state index contributed by atoms with van der Waals surface area (Å²) in [6.07, 6.45) is 4.35. The molecule has 1 aliphatic rings. The van der Waals surface area contributed by atoms with Crippen LogP contribution >= 0.6 is 11.3 Å². The van der Waals surface area contributed by atoms with Crippen LogP contribution in [0, 0.1) is 5.92 Å². The highest BCUT2D eigenvalue weighted by Gasteiger charge is 2.24. The Balaban J connectivity index is 1.73. The van der Waals surface area contributed by atoms with Crippen LogP contribution in [-0.2, 0) is 0 Å². The van der Waals surface area contributed by atoms with Crippen LogP contribution in [0.25, 0.3) is 0 Å². The van der Waals surface area contributed by atoms with E-state index in [0.717, 1.165) is 23.8 Å². The number of piperidine rings is 1. The molecular weight excluding hydrogens is 242 g/mol. The van der Waals surface area contributed by atoms with Crippen LogP contribution in [0.5, 0.6) is 0 Å². The Labute approximate surface area is 114 Å². The molecule has 2 atom stereocenters. The molecular formula is C15H23NOS. The molecule has 2 nitrogen and oxygen atoms in total. The summed E-state index contributed by atoms with van der Waals surface area (Å²) >= 11 is 1.55. The van der Waals surface area contributed by atoms with Crippen molar-refractivity contribution in [3.63, 3.8) is 0 Å². The Kier molecular flexibility index (Phi) is 4.95. The predicted molar refractivity (Wildman–Crippen MR) is 77.3 cm³/mol. The second kappa shape index (κ2) is 6.48. The molecule has 18 heavy (non-hydrogen) atoms. The van der Waals surface area contributed by atoms with E-state index in [1.165, 1.54) is 19.4 Å². The average Bonchev–Trinajstić information content (AvgIpc) is 2.88. The van der Waals surface area contributed by atoms with Gasteiger partial charge in [-0.1, -0.05) is 13.0 Å². The van der Waals surface area contributed by atoms with Crippen molar-refractivity contribution in [2.75, 3.05) is 13.1 Å². The van der Waals surface area contributed by atoms with E-state index in [-0.39, 0.29) is 0 Å². The summed E-state index contributed by atoms with van der Waals surface area (Å²) in [6.45, 7) is 6.94. The molecule has 0 amide bonds. The standard InChI is InChI=1S/C15H23NOS/c1-12-6-3-9-16(13(12)2)10-4-7-14(17)15-8-5-11-18-15/h5,8,11-13H,3-4,6-7,9-10H2,1-2H3. The predicted octanol–water partition coefficient (Wildman–Crippen LogP) is 3.83. The van der Waals surface area contributed by atoms with Gasteiger partial charge in [0.05, 0.1) is 4.88 Å². The van der Waals surface area contributed by atoms with Gasteiger partial charge in [-0.2, -0.15) is 0 Å². The molecule has 0 N–H and O–H groups in total. The molecule has 0 bridgehead atoms. The van der Waals surface area contributed by atoms with E-state index in [1.807, 2.05) is 17.5 Å². The van der Waals surface area contributed by atoms with E-state index < -0.39 is 0 Å². The van der Waals surface area contributed by atoms with Gasteiger partial charge in [0.25, 0.3) is 0 Å². The zero-order valence-electron chi connectivity index (χ0n) is 11.4. The van der Waals surface area contributed by atoms with E-state index in [1.54, 1.807) is 11.3 Å². The molecule has 2 unspecified atom stereocenters. The van der Waals surface area contributed by atoms with E-state index in [9.17, 15) is 4.79 Å². The van der Waals surface area contributed by atoms with Gasteiger partial charge in [0.2, 0.25) is 0 Å². The minimum Gasteiger partial charge on any atom is -0.300 e. The lowest BCUT2D eigenvalue weighted by Crippen LogP contribution is -2.42. The topological polar surface area (TPSA) is 20.3 Å². The van der Waals surface area contributed by atoms with E-state index >= 15 is 0 Å². The van der Waals surface area contributed by atoms with Crippen LogP contribution in [0.3, 0.4) is 0 Å². The zero-order chi connectivity index (χ0) is 13.0. The fourth-order valence-corrected chi connectivity index (χ4v) is 3.43. The summed E-state index contributed by atoms with van der Waals surface area (Å²) < 4.78 is 0. The van der Waals surface area contributed by atoms with Crippen molar-refractivity contribution in [1.29, 1.82) is 0 Å². The van der Waals surface area contributed by atoms with Crippen molar-refractivity contribution < 1.29 is 4.79 Å². The van der Waals surface area contributed by atoms with Gasteiger partial charge in [-0.3, -0.25) is 4.79 Å². The Hall–Kier alpha value is -0.670. The van der Waals surface area contributed by atoms with Crippen LogP contribution in [-0.4, -0.2) is 29.8 Å². The summed E-state index contributed by atoms with van der Waals surface area (Å²) in [5.41, 5.74) is 0. The first-order chi connectivity index (χ1) is 8.68. The number of rotatable bonds is 5. The largest absolute Gasteiger partial charge is 0.300 e. The summed E-state index contributed by atoms with van der Waals surface area (Å²) in [5.74, 6) is 1.11. The van der Waals surface area contributed by atoms with Gasteiger partial charge in [-0.15, -0.1) is 11.3 Å². The fraction of sp³-hybridized carbons (Fsp3) is 0.667. The number of nitrogens with zero attached hydrogens (tertiary/aromatic N) is 1. The molecule has 1 fully saturated rings. The zero-order valence-corrected chi connectivity index (χ0v) is 12.2. The Bertz CT molecular complexity index is 374. The molecule has 1 aromatic rings. The first kappa shape index (κ1) is 13.8. The Morgan fingerprint density at radius 3 is 3.06 bits per heavy atom. The SMILES string of the molecule is CC1CCCN(CCCC(=O)c2cccs2)C1C. The van der Waals surface area contributed by atoms with Crippen LogP contribution in [0.4, 0.5) is 0 Å². The molecule has 0 radical (unpaired) electrons. The maximum Gasteiger partial charge on any atom is 0.172 e.